The lowest BCUT2D eigenvalue weighted by atomic mass is 10.1. The summed E-state index contributed by atoms with van der Waals surface area (Å²) in [6, 6.07) is 5.28. The van der Waals surface area contributed by atoms with Crippen LogP contribution < -0.4 is 16.0 Å². The number of fused-ring (bicyclic) bond motifs is 1. The highest BCUT2D eigenvalue weighted by atomic mass is 35.5. The zero-order valence-electron chi connectivity index (χ0n) is 9.03. The minimum atomic E-state index is -0.196. The van der Waals surface area contributed by atoms with Gasteiger partial charge in [-0.25, -0.2) is 0 Å². The van der Waals surface area contributed by atoms with Crippen molar-refractivity contribution in [2.24, 2.45) is 5.73 Å². The number of halogens is 1. The number of carbonyl (C=O) groups excluding carboxylic acids is 1. The summed E-state index contributed by atoms with van der Waals surface area (Å²) in [5.41, 5.74) is 7.23. The first-order valence-electron chi connectivity index (χ1n) is 5.17. The molecule has 0 radical (unpaired) electrons. The summed E-state index contributed by atoms with van der Waals surface area (Å²) >= 11 is 5.88. The van der Waals surface area contributed by atoms with Gasteiger partial charge in [-0.2, -0.15) is 0 Å². The van der Waals surface area contributed by atoms with Crippen molar-refractivity contribution in [3.8, 4) is 0 Å². The summed E-state index contributed by atoms with van der Waals surface area (Å²) in [7, 11) is 1.89. The molecule has 5 heteroatoms. The number of nitrogens with zero attached hydrogens (tertiary/aromatic N) is 1. The molecule has 1 amide bonds. The maximum atomic E-state index is 11.8. The molecule has 86 valence electrons. The molecule has 4 nitrogen and oxygen atoms in total. The normalized spacial score (nSPS) is 19.3. The minimum Gasteiger partial charge on any atom is -0.361 e. The summed E-state index contributed by atoms with van der Waals surface area (Å²) in [4.78, 5) is 13.8. The molecule has 1 atom stereocenters. The van der Waals surface area contributed by atoms with Crippen molar-refractivity contribution in [3.05, 3.63) is 23.2 Å². The number of hydrogen-bond acceptors (Lipinski definition) is 3. The van der Waals surface area contributed by atoms with Gasteiger partial charge in [-0.05, 0) is 31.2 Å². The van der Waals surface area contributed by atoms with Gasteiger partial charge in [0, 0.05) is 12.1 Å². The molecule has 0 aromatic heterocycles. The Kier molecular flexibility index (Phi) is 3.03. The summed E-state index contributed by atoms with van der Waals surface area (Å²) in [5.74, 6) is -0.0253. The zero-order valence-corrected chi connectivity index (χ0v) is 9.79. The second-order valence-corrected chi connectivity index (χ2v) is 4.29. The number of likely N-dealkylation sites (N-methyl/N-ethyl adjacent to an activating group) is 1. The Bertz CT molecular complexity index is 422. The topological polar surface area (TPSA) is 58.4 Å². The lowest BCUT2D eigenvalue weighted by Crippen LogP contribution is -2.46. The van der Waals surface area contributed by atoms with Gasteiger partial charge in [-0.15, -0.1) is 0 Å². The van der Waals surface area contributed by atoms with E-state index in [1.54, 1.807) is 6.07 Å². The van der Waals surface area contributed by atoms with Crippen molar-refractivity contribution < 1.29 is 4.79 Å². The average Bonchev–Trinajstić information content (AvgIpc) is 2.23. The van der Waals surface area contributed by atoms with Gasteiger partial charge in [-0.3, -0.25) is 4.79 Å². The molecule has 0 fully saturated rings. The molecule has 0 saturated carbocycles. The highest BCUT2D eigenvalue weighted by molar-refractivity contribution is 6.31. The lowest BCUT2D eigenvalue weighted by Gasteiger charge is -2.35. The molecule has 0 aliphatic carbocycles. The van der Waals surface area contributed by atoms with Gasteiger partial charge < -0.3 is 16.0 Å². The molecule has 1 heterocycles. The van der Waals surface area contributed by atoms with Gasteiger partial charge in [0.1, 0.15) is 6.04 Å². The van der Waals surface area contributed by atoms with Crippen LogP contribution in [0, 0.1) is 0 Å². The first-order chi connectivity index (χ1) is 7.63. The Morgan fingerprint density at radius 2 is 2.31 bits per heavy atom. The number of amides is 1. The molecule has 0 saturated heterocycles. The largest absolute Gasteiger partial charge is 0.361 e. The Morgan fingerprint density at radius 3 is 3.00 bits per heavy atom. The van der Waals surface area contributed by atoms with Gasteiger partial charge in [0.25, 0.3) is 0 Å². The number of hydrogen-bond donors (Lipinski definition) is 2. The number of carbonyl (C=O) groups is 1. The standard InChI is InChI=1S/C11H14ClN3O/c1-15-9-3-2-7(12)6-8(9)14-11(16)10(15)4-5-13/h2-3,6,10H,4-5,13H2,1H3,(H,14,16). The predicted octanol–water partition coefficient (Wildman–Crippen LogP) is 1.45. The van der Waals surface area contributed by atoms with Crippen molar-refractivity contribution in [1.82, 2.24) is 0 Å². The van der Waals surface area contributed by atoms with Crippen LogP contribution in [0.1, 0.15) is 6.42 Å². The number of nitrogens with one attached hydrogen (secondary N) is 1. The van der Waals surface area contributed by atoms with Crippen molar-refractivity contribution in [2.75, 3.05) is 23.8 Å². The van der Waals surface area contributed by atoms with Crippen molar-refractivity contribution >= 4 is 28.9 Å². The Balaban J connectivity index is 2.37. The van der Waals surface area contributed by atoms with Crippen LogP contribution in [0.5, 0.6) is 0 Å². The molecule has 1 aliphatic heterocycles. The van der Waals surface area contributed by atoms with E-state index in [0.717, 1.165) is 11.4 Å². The molecule has 16 heavy (non-hydrogen) atoms. The molecule has 1 aliphatic rings. The average molecular weight is 240 g/mol. The smallest absolute Gasteiger partial charge is 0.247 e. The Morgan fingerprint density at radius 1 is 1.56 bits per heavy atom. The van der Waals surface area contributed by atoms with Gasteiger partial charge >= 0.3 is 0 Å². The van der Waals surface area contributed by atoms with Crippen molar-refractivity contribution in [1.29, 1.82) is 0 Å². The minimum absolute atomic E-state index is 0.0253. The fourth-order valence-corrected chi connectivity index (χ4v) is 2.13. The first-order valence-corrected chi connectivity index (χ1v) is 5.54. The van der Waals surface area contributed by atoms with Crippen LogP contribution in [0.2, 0.25) is 5.02 Å². The second kappa shape index (κ2) is 4.31. The maximum Gasteiger partial charge on any atom is 0.247 e. The molecule has 1 aromatic rings. The number of nitrogens with two attached hydrogens (primary N) is 1. The van der Waals surface area contributed by atoms with E-state index < -0.39 is 0 Å². The van der Waals surface area contributed by atoms with Crippen molar-refractivity contribution in [2.45, 2.75) is 12.5 Å². The van der Waals surface area contributed by atoms with E-state index in [2.05, 4.69) is 5.32 Å². The van der Waals surface area contributed by atoms with Crippen LogP contribution in [0.3, 0.4) is 0 Å². The van der Waals surface area contributed by atoms with E-state index in [-0.39, 0.29) is 11.9 Å². The third-order valence-electron chi connectivity index (χ3n) is 2.81. The van der Waals surface area contributed by atoms with Crippen LogP contribution in [-0.2, 0) is 4.79 Å². The van der Waals surface area contributed by atoms with E-state index in [4.69, 9.17) is 17.3 Å². The van der Waals surface area contributed by atoms with Crippen LogP contribution in [0.4, 0.5) is 11.4 Å². The van der Waals surface area contributed by atoms with Crippen LogP contribution in [0.15, 0.2) is 18.2 Å². The van der Waals surface area contributed by atoms with E-state index >= 15 is 0 Å². The van der Waals surface area contributed by atoms with Gasteiger partial charge in [0.2, 0.25) is 5.91 Å². The summed E-state index contributed by atoms with van der Waals surface area (Å²) in [5, 5.41) is 3.46. The quantitative estimate of drug-likeness (QED) is 0.821. The lowest BCUT2D eigenvalue weighted by molar-refractivity contribution is -0.117. The number of anilines is 2. The molecule has 2 rings (SSSR count). The van der Waals surface area contributed by atoms with Crippen LogP contribution in [0.25, 0.3) is 0 Å². The Hall–Kier alpha value is -1.26. The summed E-state index contributed by atoms with van der Waals surface area (Å²) in [6.45, 7) is 0.491. The molecular weight excluding hydrogens is 226 g/mol. The first kappa shape index (κ1) is 11.2. The zero-order chi connectivity index (χ0) is 11.7. The molecule has 0 bridgehead atoms. The van der Waals surface area contributed by atoms with Crippen LogP contribution in [-0.4, -0.2) is 25.5 Å². The van der Waals surface area contributed by atoms with Gasteiger partial charge in [-0.1, -0.05) is 11.6 Å². The SMILES string of the molecule is CN1c2ccc(Cl)cc2NC(=O)C1CCN. The highest BCUT2D eigenvalue weighted by Gasteiger charge is 2.29. The summed E-state index contributed by atoms with van der Waals surface area (Å²) in [6.07, 6.45) is 0.643. The predicted molar refractivity (Wildman–Crippen MR) is 65.9 cm³/mol. The fraction of sp³-hybridized carbons (Fsp3) is 0.364. The molecule has 1 aromatic carbocycles. The second-order valence-electron chi connectivity index (χ2n) is 3.85. The third-order valence-corrected chi connectivity index (χ3v) is 3.04. The van der Waals surface area contributed by atoms with Gasteiger partial charge in [0.15, 0.2) is 0 Å². The molecule has 0 spiro atoms. The monoisotopic (exact) mass is 239 g/mol. The van der Waals surface area contributed by atoms with E-state index in [9.17, 15) is 4.79 Å². The van der Waals surface area contributed by atoms with E-state index in [1.807, 2.05) is 24.1 Å². The van der Waals surface area contributed by atoms with Gasteiger partial charge in [0.05, 0.1) is 11.4 Å². The van der Waals surface area contributed by atoms with Crippen LogP contribution >= 0.6 is 11.6 Å². The number of rotatable bonds is 2. The molecular formula is C11H14ClN3O. The molecule has 1 unspecified atom stereocenters. The fourth-order valence-electron chi connectivity index (χ4n) is 1.96. The Labute approximate surface area is 99.4 Å². The molecule has 3 N–H and O–H groups in total. The maximum absolute atomic E-state index is 11.8. The summed E-state index contributed by atoms with van der Waals surface area (Å²) < 4.78 is 0. The highest BCUT2D eigenvalue weighted by Crippen LogP contribution is 2.33. The van der Waals surface area contributed by atoms with E-state index in [0.29, 0.717) is 18.0 Å². The van der Waals surface area contributed by atoms with E-state index in [1.165, 1.54) is 0 Å². The third kappa shape index (κ3) is 1.86. The number of benzene rings is 1. The van der Waals surface area contributed by atoms with Crippen molar-refractivity contribution in [3.63, 3.8) is 0 Å².